The van der Waals surface area contributed by atoms with Gasteiger partial charge < -0.3 is 4.42 Å². The summed E-state index contributed by atoms with van der Waals surface area (Å²) in [5.74, 6) is 1.03. The van der Waals surface area contributed by atoms with Crippen molar-refractivity contribution < 1.29 is 4.42 Å². The Morgan fingerprint density at radius 3 is 2.19 bits per heavy atom. The average Bonchev–Trinajstić information content (AvgIpc) is 3.26. The van der Waals surface area contributed by atoms with Crippen molar-refractivity contribution in [2.24, 2.45) is 0 Å². The van der Waals surface area contributed by atoms with Gasteiger partial charge in [-0.05, 0) is 12.5 Å². The number of hydrogen-bond acceptors (Lipinski definition) is 6. The lowest BCUT2D eigenvalue weighted by atomic mass is 9.98. The molecule has 126 valence electrons. The van der Waals surface area contributed by atoms with Crippen molar-refractivity contribution in [1.29, 1.82) is 5.26 Å². The van der Waals surface area contributed by atoms with E-state index in [4.69, 9.17) is 4.42 Å². The second-order valence-electron chi connectivity index (χ2n) is 5.61. The molecule has 0 unspecified atom stereocenters. The molecular weight excluding hydrogens is 344 g/mol. The highest BCUT2D eigenvalue weighted by Gasteiger charge is 2.23. The van der Waals surface area contributed by atoms with Crippen molar-refractivity contribution in [2.45, 2.75) is 6.92 Å². The molecule has 4 aromatic rings. The number of aryl methyl sites for hydroxylation is 1. The number of furan rings is 1. The van der Waals surface area contributed by atoms with E-state index in [1.807, 2.05) is 67.6 Å². The van der Waals surface area contributed by atoms with E-state index < -0.39 is 0 Å². The molecule has 2 heterocycles. The first kappa shape index (κ1) is 16.1. The maximum Gasteiger partial charge on any atom is 0.218 e. The molecule has 1 N–H and O–H groups in total. The Kier molecular flexibility index (Phi) is 4.22. The first-order valence-electron chi connectivity index (χ1n) is 8.01. The third-order valence-electron chi connectivity index (χ3n) is 3.86. The first-order chi connectivity index (χ1) is 12.8. The van der Waals surface area contributed by atoms with Crippen LogP contribution in [0.3, 0.4) is 0 Å². The number of rotatable bonds is 4. The molecule has 0 aliphatic heterocycles. The molecule has 26 heavy (non-hydrogen) atoms. The monoisotopic (exact) mass is 358 g/mol. The molecule has 5 nitrogen and oxygen atoms in total. The number of benzene rings is 2. The van der Waals surface area contributed by atoms with Crippen LogP contribution in [0.2, 0.25) is 0 Å². The molecule has 0 amide bonds. The summed E-state index contributed by atoms with van der Waals surface area (Å²) in [6.07, 6.45) is 0. The number of hydrogen-bond donors (Lipinski definition) is 1. The molecule has 0 spiro atoms. The first-order valence-corrected chi connectivity index (χ1v) is 8.83. The topological polar surface area (TPSA) is 74.7 Å². The van der Waals surface area contributed by atoms with Crippen molar-refractivity contribution in [3.8, 4) is 28.5 Å². The van der Waals surface area contributed by atoms with Gasteiger partial charge in [0, 0.05) is 11.1 Å². The van der Waals surface area contributed by atoms with Crippen LogP contribution in [0.15, 0.2) is 65.1 Å². The maximum atomic E-state index is 9.82. The van der Waals surface area contributed by atoms with E-state index in [1.54, 1.807) is 0 Å². The van der Waals surface area contributed by atoms with Gasteiger partial charge in [0.2, 0.25) is 11.0 Å². The van der Waals surface area contributed by atoms with Crippen molar-refractivity contribution in [3.63, 3.8) is 0 Å². The maximum absolute atomic E-state index is 9.82. The largest absolute Gasteiger partial charge is 0.438 e. The predicted molar refractivity (Wildman–Crippen MR) is 102 cm³/mol. The Balaban J connectivity index is 1.91. The highest BCUT2D eigenvalue weighted by molar-refractivity contribution is 7.15. The third kappa shape index (κ3) is 2.96. The Morgan fingerprint density at radius 2 is 1.62 bits per heavy atom. The van der Waals surface area contributed by atoms with E-state index >= 15 is 0 Å². The van der Waals surface area contributed by atoms with Crippen LogP contribution in [-0.2, 0) is 0 Å². The minimum Gasteiger partial charge on any atom is -0.438 e. The van der Waals surface area contributed by atoms with Crippen LogP contribution < -0.4 is 5.32 Å². The molecule has 4 rings (SSSR count). The van der Waals surface area contributed by atoms with Gasteiger partial charge >= 0.3 is 0 Å². The second kappa shape index (κ2) is 6.82. The predicted octanol–water partition coefficient (Wildman–Crippen LogP) is 5.39. The number of nitriles is 1. The highest BCUT2D eigenvalue weighted by Crippen LogP contribution is 2.42. The van der Waals surface area contributed by atoms with Gasteiger partial charge in [0.15, 0.2) is 0 Å². The van der Waals surface area contributed by atoms with Crippen LogP contribution in [0.25, 0.3) is 22.5 Å². The average molecular weight is 358 g/mol. The molecule has 6 heteroatoms. The van der Waals surface area contributed by atoms with E-state index in [2.05, 4.69) is 21.6 Å². The summed E-state index contributed by atoms with van der Waals surface area (Å²) in [5, 5.41) is 22.4. The van der Waals surface area contributed by atoms with Gasteiger partial charge in [0.1, 0.15) is 22.4 Å². The van der Waals surface area contributed by atoms with Gasteiger partial charge in [-0.25, -0.2) is 0 Å². The SMILES string of the molecule is Cc1nnc(Nc2oc(-c3ccccc3)c(-c3ccccc3)c2C#N)s1. The lowest BCUT2D eigenvalue weighted by Gasteiger charge is -2.03. The normalized spacial score (nSPS) is 10.5. The van der Waals surface area contributed by atoms with Gasteiger partial charge in [-0.1, -0.05) is 72.0 Å². The minimum atomic E-state index is 0.376. The quantitative estimate of drug-likeness (QED) is 0.529. The fraction of sp³-hybridized carbons (Fsp3) is 0.0500. The van der Waals surface area contributed by atoms with Crippen molar-refractivity contribution in [3.05, 3.63) is 71.2 Å². The zero-order chi connectivity index (χ0) is 17.9. The Labute approximate surface area is 154 Å². The van der Waals surface area contributed by atoms with Gasteiger partial charge in [0.25, 0.3) is 0 Å². The molecule has 0 atom stereocenters. The van der Waals surface area contributed by atoms with Gasteiger partial charge in [-0.3, -0.25) is 5.32 Å². The Hall–Kier alpha value is -3.43. The second-order valence-corrected chi connectivity index (χ2v) is 6.79. The van der Waals surface area contributed by atoms with E-state index in [1.165, 1.54) is 11.3 Å². The van der Waals surface area contributed by atoms with E-state index in [0.29, 0.717) is 22.3 Å². The van der Waals surface area contributed by atoms with Gasteiger partial charge in [-0.2, -0.15) is 5.26 Å². The van der Waals surface area contributed by atoms with Crippen LogP contribution >= 0.6 is 11.3 Å². The van der Waals surface area contributed by atoms with E-state index in [9.17, 15) is 5.26 Å². The summed E-state index contributed by atoms with van der Waals surface area (Å²) in [7, 11) is 0. The zero-order valence-electron chi connectivity index (χ0n) is 13.9. The fourth-order valence-electron chi connectivity index (χ4n) is 2.74. The summed E-state index contributed by atoms with van der Waals surface area (Å²) in [4.78, 5) is 0. The number of nitrogens with zero attached hydrogens (tertiary/aromatic N) is 3. The standard InChI is InChI=1S/C20H14N4OS/c1-13-23-24-20(26-13)22-19-16(12-21)17(14-8-4-2-5-9-14)18(25-19)15-10-6-3-7-11-15/h2-11H,1H3,(H,22,24). The lowest BCUT2D eigenvalue weighted by molar-refractivity contribution is 0.600. The highest BCUT2D eigenvalue weighted by atomic mass is 32.1. The molecule has 0 aliphatic rings. The van der Waals surface area contributed by atoms with Gasteiger partial charge in [0.05, 0.1) is 0 Å². The van der Waals surface area contributed by atoms with Crippen LogP contribution in [0, 0.1) is 18.3 Å². The van der Waals surface area contributed by atoms with Gasteiger partial charge in [-0.15, -0.1) is 10.2 Å². The third-order valence-corrected chi connectivity index (χ3v) is 4.62. The van der Waals surface area contributed by atoms with Crippen LogP contribution in [0.5, 0.6) is 0 Å². The molecule has 0 bridgehead atoms. The summed E-state index contributed by atoms with van der Waals surface area (Å²) >= 11 is 1.41. The van der Waals surface area contributed by atoms with Crippen LogP contribution in [0.4, 0.5) is 11.0 Å². The molecule has 0 saturated carbocycles. The van der Waals surface area contributed by atoms with Crippen LogP contribution in [-0.4, -0.2) is 10.2 Å². The smallest absolute Gasteiger partial charge is 0.218 e. The summed E-state index contributed by atoms with van der Waals surface area (Å²) in [6.45, 7) is 1.88. The minimum absolute atomic E-state index is 0.376. The summed E-state index contributed by atoms with van der Waals surface area (Å²) in [5.41, 5.74) is 3.04. The molecule has 0 aliphatic carbocycles. The number of anilines is 2. The van der Waals surface area contributed by atoms with E-state index in [0.717, 1.165) is 21.7 Å². The molecular formula is C20H14N4OS. The Morgan fingerprint density at radius 1 is 0.962 bits per heavy atom. The fourth-order valence-corrected chi connectivity index (χ4v) is 3.33. The zero-order valence-corrected chi connectivity index (χ0v) is 14.7. The lowest BCUT2D eigenvalue weighted by Crippen LogP contribution is -1.90. The van der Waals surface area contributed by atoms with Crippen molar-refractivity contribution >= 4 is 22.4 Å². The summed E-state index contributed by atoms with van der Waals surface area (Å²) < 4.78 is 6.10. The summed E-state index contributed by atoms with van der Waals surface area (Å²) in [6, 6.07) is 21.8. The molecule has 2 aromatic carbocycles. The van der Waals surface area contributed by atoms with E-state index in [-0.39, 0.29) is 0 Å². The molecule has 0 saturated heterocycles. The molecule has 0 radical (unpaired) electrons. The van der Waals surface area contributed by atoms with Crippen molar-refractivity contribution in [2.75, 3.05) is 5.32 Å². The molecule has 2 aromatic heterocycles. The number of aromatic nitrogens is 2. The molecule has 0 fully saturated rings. The van der Waals surface area contributed by atoms with Crippen LogP contribution in [0.1, 0.15) is 10.6 Å². The van der Waals surface area contributed by atoms with Crippen molar-refractivity contribution in [1.82, 2.24) is 10.2 Å². The Bertz CT molecular complexity index is 1080. The number of nitrogens with one attached hydrogen (secondary N) is 1.